The third-order valence-electron chi connectivity index (χ3n) is 4.17. The summed E-state index contributed by atoms with van der Waals surface area (Å²) in [6, 6.07) is 6.71. The molecular formula is C17H23ClN2O. The van der Waals surface area contributed by atoms with Crippen LogP contribution in [0, 0.1) is 5.92 Å². The zero-order valence-electron chi connectivity index (χ0n) is 13.1. The molecule has 1 aromatic carbocycles. The second-order valence-corrected chi connectivity index (χ2v) is 6.87. The first-order chi connectivity index (χ1) is 10.0. The second-order valence-electron chi connectivity index (χ2n) is 6.22. The predicted molar refractivity (Wildman–Crippen MR) is 87.2 cm³/mol. The van der Waals surface area contributed by atoms with Gasteiger partial charge in [0.2, 0.25) is 0 Å². The lowest BCUT2D eigenvalue weighted by Gasteiger charge is -2.11. The number of hydrogen-bond acceptors (Lipinski definition) is 2. The maximum atomic E-state index is 6.38. The van der Waals surface area contributed by atoms with Crippen LogP contribution in [0.1, 0.15) is 57.8 Å². The van der Waals surface area contributed by atoms with Crippen molar-refractivity contribution in [3.05, 3.63) is 24.0 Å². The Morgan fingerprint density at radius 3 is 2.71 bits per heavy atom. The first-order valence-electron chi connectivity index (χ1n) is 7.84. The number of benzene rings is 1. The minimum atomic E-state index is -0.0950. The smallest absolute Gasteiger partial charge is 0.147 e. The molecule has 3 unspecified atom stereocenters. The average Bonchev–Trinajstić information content (AvgIpc) is 3.09. The SMILES string of the molecule is CCC1CC1n1c(C(C)Cl)nc2c(OC(C)C)cccc21. The Bertz CT molecular complexity index is 648. The monoisotopic (exact) mass is 306 g/mol. The molecule has 2 aromatic rings. The van der Waals surface area contributed by atoms with Crippen molar-refractivity contribution in [2.24, 2.45) is 5.92 Å². The van der Waals surface area contributed by atoms with Crippen molar-refractivity contribution < 1.29 is 4.74 Å². The largest absolute Gasteiger partial charge is 0.489 e. The molecule has 0 saturated heterocycles. The van der Waals surface area contributed by atoms with Gasteiger partial charge in [0.1, 0.15) is 17.1 Å². The number of aromatic nitrogens is 2. The molecule has 0 aliphatic heterocycles. The summed E-state index contributed by atoms with van der Waals surface area (Å²) in [5, 5.41) is -0.0950. The Balaban J connectivity index is 2.13. The molecule has 1 aromatic heterocycles. The fourth-order valence-electron chi connectivity index (χ4n) is 3.07. The van der Waals surface area contributed by atoms with Gasteiger partial charge in [-0.25, -0.2) is 4.98 Å². The molecule has 1 aliphatic carbocycles. The quantitative estimate of drug-likeness (QED) is 0.719. The third kappa shape index (κ3) is 2.64. The van der Waals surface area contributed by atoms with E-state index in [-0.39, 0.29) is 11.5 Å². The molecule has 21 heavy (non-hydrogen) atoms. The zero-order chi connectivity index (χ0) is 15.1. The molecule has 0 N–H and O–H groups in total. The Kier molecular flexibility index (Phi) is 3.87. The summed E-state index contributed by atoms with van der Waals surface area (Å²) < 4.78 is 8.25. The number of hydrogen-bond donors (Lipinski definition) is 0. The number of fused-ring (bicyclic) bond motifs is 1. The Morgan fingerprint density at radius 2 is 2.14 bits per heavy atom. The molecule has 114 valence electrons. The summed E-state index contributed by atoms with van der Waals surface area (Å²) in [7, 11) is 0. The molecule has 1 fully saturated rings. The van der Waals surface area contributed by atoms with Gasteiger partial charge in [-0.2, -0.15) is 0 Å². The normalized spacial score (nSPS) is 22.8. The van der Waals surface area contributed by atoms with Crippen molar-refractivity contribution >= 4 is 22.6 Å². The van der Waals surface area contributed by atoms with Crippen LogP contribution in [-0.4, -0.2) is 15.7 Å². The van der Waals surface area contributed by atoms with E-state index < -0.39 is 0 Å². The fraction of sp³-hybridized carbons (Fsp3) is 0.588. The van der Waals surface area contributed by atoms with E-state index in [1.54, 1.807) is 0 Å². The molecule has 1 heterocycles. The minimum Gasteiger partial charge on any atom is -0.489 e. The number of halogens is 1. The van der Waals surface area contributed by atoms with E-state index in [9.17, 15) is 0 Å². The predicted octanol–water partition coefficient (Wildman–Crippen LogP) is 5.09. The summed E-state index contributed by atoms with van der Waals surface area (Å²) in [4.78, 5) is 4.80. The maximum Gasteiger partial charge on any atom is 0.147 e. The second kappa shape index (κ2) is 5.53. The van der Waals surface area contributed by atoms with Crippen LogP contribution in [0.4, 0.5) is 0 Å². The lowest BCUT2D eigenvalue weighted by Crippen LogP contribution is -2.05. The molecule has 0 radical (unpaired) electrons. The zero-order valence-corrected chi connectivity index (χ0v) is 13.9. The number of rotatable bonds is 5. The van der Waals surface area contributed by atoms with Crippen molar-refractivity contribution in [3.63, 3.8) is 0 Å². The van der Waals surface area contributed by atoms with E-state index in [1.807, 2.05) is 32.9 Å². The lowest BCUT2D eigenvalue weighted by atomic mass is 10.2. The molecule has 0 amide bonds. The summed E-state index contributed by atoms with van der Waals surface area (Å²) in [5.74, 6) is 2.58. The summed E-state index contributed by atoms with van der Waals surface area (Å²) in [5.41, 5.74) is 2.09. The van der Waals surface area contributed by atoms with Crippen LogP contribution in [0.15, 0.2) is 18.2 Å². The molecule has 1 aliphatic rings. The summed E-state index contributed by atoms with van der Waals surface area (Å²) in [6.07, 6.45) is 2.58. The van der Waals surface area contributed by atoms with Gasteiger partial charge in [0, 0.05) is 6.04 Å². The van der Waals surface area contributed by atoms with Crippen LogP contribution < -0.4 is 4.74 Å². The molecule has 0 spiro atoms. The Morgan fingerprint density at radius 1 is 1.38 bits per heavy atom. The van der Waals surface area contributed by atoms with Crippen molar-refractivity contribution in [3.8, 4) is 5.75 Å². The Labute approximate surface area is 131 Å². The highest BCUT2D eigenvalue weighted by Crippen LogP contribution is 2.49. The summed E-state index contributed by atoms with van der Waals surface area (Å²) >= 11 is 6.38. The van der Waals surface area contributed by atoms with Gasteiger partial charge in [-0.05, 0) is 45.2 Å². The van der Waals surface area contributed by atoms with E-state index in [4.69, 9.17) is 21.3 Å². The van der Waals surface area contributed by atoms with Crippen LogP contribution in [0.2, 0.25) is 0 Å². The number of ether oxygens (including phenoxy) is 1. The first-order valence-corrected chi connectivity index (χ1v) is 8.28. The van der Waals surface area contributed by atoms with Crippen molar-refractivity contribution in [1.82, 2.24) is 9.55 Å². The fourth-order valence-corrected chi connectivity index (χ4v) is 3.23. The average molecular weight is 307 g/mol. The Hall–Kier alpha value is -1.22. The number of nitrogens with zero attached hydrogens (tertiary/aromatic N) is 2. The highest BCUT2D eigenvalue weighted by Gasteiger charge is 2.40. The highest BCUT2D eigenvalue weighted by molar-refractivity contribution is 6.20. The van der Waals surface area contributed by atoms with E-state index in [0.717, 1.165) is 28.5 Å². The van der Waals surface area contributed by atoms with Gasteiger partial charge in [0.25, 0.3) is 0 Å². The van der Waals surface area contributed by atoms with Gasteiger partial charge in [-0.3, -0.25) is 0 Å². The van der Waals surface area contributed by atoms with E-state index in [2.05, 4.69) is 17.6 Å². The van der Waals surface area contributed by atoms with Crippen molar-refractivity contribution in [2.75, 3.05) is 0 Å². The van der Waals surface area contributed by atoms with Gasteiger partial charge in [-0.1, -0.05) is 19.4 Å². The molecule has 4 heteroatoms. The van der Waals surface area contributed by atoms with Gasteiger partial charge in [-0.15, -0.1) is 11.6 Å². The molecule has 3 rings (SSSR count). The molecular weight excluding hydrogens is 284 g/mol. The van der Waals surface area contributed by atoms with Crippen LogP contribution in [0.25, 0.3) is 11.0 Å². The van der Waals surface area contributed by atoms with E-state index in [1.165, 1.54) is 12.8 Å². The first kappa shape index (κ1) is 14.7. The van der Waals surface area contributed by atoms with Gasteiger partial charge in [0.05, 0.1) is 17.0 Å². The number of para-hydroxylation sites is 1. The maximum absolute atomic E-state index is 6.38. The lowest BCUT2D eigenvalue weighted by molar-refractivity contribution is 0.245. The van der Waals surface area contributed by atoms with Gasteiger partial charge >= 0.3 is 0 Å². The van der Waals surface area contributed by atoms with Crippen molar-refractivity contribution in [1.29, 1.82) is 0 Å². The molecule has 3 nitrogen and oxygen atoms in total. The van der Waals surface area contributed by atoms with Gasteiger partial charge < -0.3 is 9.30 Å². The van der Waals surface area contributed by atoms with Crippen LogP contribution in [0.3, 0.4) is 0 Å². The van der Waals surface area contributed by atoms with Crippen LogP contribution in [-0.2, 0) is 0 Å². The third-order valence-corrected chi connectivity index (χ3v) is 4.37. The molecule has 3 atom stereocenters. The number of imidazole rings is 1. The standard InChI is InChI=1S/C17H23ClN2O/c1-5-12-9-14(12)20-13-7-6-8-15(21-10(2)3)16(13)19-17(20)11(4)18/h6-8,10-12,14H,5,9H2,1-4H3. The summed E-state index contributed by atoms with van der Waals surface area (Å²) in [6.45, 7) is 8.32. The molecule has 1 saturated carbocycles. The van der Waals surface area contributed by atoms with Crippen molar-refractivity contribution in [2.45, 2.75) is 58.1 Å². The van der Waals surface area contributed by atoms with Gasteiger partial charge in [0.15, 0.2) is 0 Å². The van der Waals surface area contributed by atoms with Crippen LogP contribution in [0.5, 0.6) is 5.75 Å². The van der Waals surface area contributed by atoms with Crippen LogP contribution >= 0.6 is 11.6 Å². The topological polar surface area (TPSA) is 27.1 Å². The number of alkyl halides is 1. The highest BCUT2D eigenvalue weighted by atomic mass is 35.5. The van der Waals surface area contributed by atoms with E-state index >= 15 is 0 Å². The molecule has 0 bridgehead atoms. The van der Waals surface area contributed by atoms with E-state index in [0.29, 0.717) is 6.04 Å². The minimum absolute atomic E-state index is 0.0950.